The molecule has 1 aromatic heterocycles. The maximum Gasteiger partial charge on any atom is 0.359 e. The number of nitriles is 1. The molecule has 0 radical (unpaired) electrons. The first-order valence-electron chi connectivity index (χ1n) is 5.61. The van der Waals surface area contributed by atoms with Gasteiger partial charge < -0.3 is 9.64 Å². The van der Waals surface area contributed by atoms with Crippen LogP contribution < -0.4 is 0 Å². The Balaban J connectivity index is 2.44. The van der Waals surface area contributed by atoms with E-state index in [0.717, 1.165) is 0 Å². The van der Waals surface area contributed by atoms with E-state index in [2.05, 4.69) is 9.97 Å². The molecule has 100 valence electrons. The standard InChI is InChI=1S/C12H14N4O3/c1-9-6-15-10(7-14-9)12(18)19-8-11(17)16(2)5-3-4-13/h6-7H,3,5,8H2,1-2H3. The number of rotatable bonds is 5. The Morgan fingerprint density at radius 1 is 1.42 bits per heavy atom. The summed E-state index contributed by atoms with van der Waals surface area (Å²) in [6, 6.07) is 1.93. The summed E-state index contributed by atoms with van der Waals surface area (Å²) in [5.41, 5.74) is 0.738. The zero-order valence-electron chi connectivity index (χ0n) is 10.8. The average Bonchev–Trinajstić information content (AvgIpc) is 2.42. The van der Waals surface area contributed by atoms with Crippen LogP contribution >= 0.6 is 0 Å². The lowest BCUT2D eigenvalue weighted by molar-refractivity contribution is -0.133. The highest BCUT2D eigenvalue weighted by Crippen LogP contribution is 1.98. The van der Waals surface area contributed by atoms with Crippen molar-refractivity contribution in [2.75, 3.05) is 20.2 Å². The van der Waals surface area contributed by atoms with Gasteiger partial charge in [0.2, 0.25) is 0 Å². The van der Waals surface area contributed by atoms with Crippen molar-refractivity contribution in [3.63, 3.8) is 0 Å². The number of aryl methyl sites for hydroxylation is 1. The number of carbonyl (C=O) groups is 2. The van der Waals surface area contributed by atoms with Crippen LogP contribution in [0.25, 0.3) is 0 Å². The van der Waals surface area contributed by atoms with Crippen molar-refractivity contribution in [2.24, 2.45) is 0 Å². The van der Waals surface area contributed by atoms with Crippen LogP contribution in [0.5, 0.6) is 0 Å². The molecule has 0 saturated carbocycles. The summed E-state index contributed by atoms with van der Waals surface area (Å²) in [6.45, 7) is 1.67. The zero-order chi connectivity index (χ0) is 14.3. The fourth-order valence-corrected chi connectivity index (χ4v) is 1.15. The van der Waals surface area contributed by atoms with E-state index >= 15 is 0 Å². The third kappa shape index (κ3) is 4.71. The van der Waals surface area contributed by atoms with E-state index in [9.17, 15) is 9.59 Å². The van der Waals surface area contributed by atoms with Crippen LogP contribution in [0.1, 0.15) is 22.6 Å². The molecule has 0 aliphatic heterocycles. The van der Waals surface area contributed by atoms with E-state index in [0.29, 0.717) is 12.2 Å². The highest BCUT2D eigenvalue weighted by molar-refractivity contribution is 5.89. The molecule has 0 fully saturated rings. The lowest BCUT2D eigenvalue weighted by Crippen LogP contribution is -2.32. The number of amides is 1. The van der Waals surface area contributed by atoms with Crippen LogP contribution in [0.3, 0.4) is 0 Å². The molecule has 0 aliphatic carbocycles. The number of likely N-dealkylation sites (N-methyl/N-ethyl adjacent to an activating group) is 1. The number of esters is 1. The van der Waals surface area contributed by atoms with Gasteiger partial charge in [0.1, 0.15) is 0 Å². The van der Waals surface area contributed by atoms with E-state index in [1.54, 1.807) is 14.0 Å². The number of aromatic nitrogens is 2. The van der Waals surface area contributed by atoms with Crippen LogP contribution in [-0.2, 0) is 9.53 Å². The fraction of sp³-hybridized carbons (Fsp3) is 0.417. The molecule has 0 saturated heterocycles. The summed E-state index contributed by atoms with van der Waals surface area (Å²) in [4.78, 5) is 32.2. The second-order valence-corrected chi connectivity index (χ2v) is 3.84. The van der Waals surface area contributed by atoms with Crippen molar-refractivity contribution >= 4 is 11.9 Å². The topological polar surface area (TPSA) is 96.2 Å². The summed E-state index contributed by atoms with van der Waals surface area (Å²) >= 11 is 0. The van der Waals surface area contributed by atoms with Crippen molar-refractivity contribution in [3.8, 4) is 6.07 Å². The molecule has 0 unspecified atom stereocenters. The van der Waals surface area contributed by atoms with Gasteiger partial charge in [0, 0.05) is 19.8 Å². The van der Waals surface area contributed by atoms with E-state index < -0.39 is 5.97 Å². The van der Waals surface area contributed by atoms with Crippen LogP contribution in [0.2, 0.25) is 0 Å². The molecule has 0 atom stereocenters. The monoisotopic (exact) mass is 262 g/mol. The second kappa shape index (κ2) is 7.06. The SMILES string of the molecule is Cc1cnc(C(=O)OCC(=O)N(C)CCC#N)cn1. The molecule has 0 aromatic carbocycles. The van der Waals surface area contributed by atoms with Gasteiger partial charge in [-0.1, -0.05) is 0 Å². The molecule has 0 bridgehead atoms. The Bertz CT molecular complexity index is 493. The first kappa shape index (κ1) is 14.6. The summed E-state index contributed by atoms with van der Waals surface area (Å²) in [5.74, 6) is -1.07. The van der Waals surface area contributed by atoms with Crippen LogP contribution in [0.15, 0.2) is 12.4 Å². The molecule has 1 aromatic rings. The maximum absolute atomic E-state index is 11.5. The Hall–Kier alpha value is -2.49. The van der Waals surface area contributed by atoms with Gasteiger partial charge in [0.05, 0.1) is 24.4 Å². The Labute approximate surface area is 110 Å². The van der Waals surface area contributed by atoms with Crippen molar-refractivity contribution in [2.45, 2.75) is 13.3 Å². The van der Waals surface area contributed by atoms with Crippen LogP contribution in [-0.4, -0.2) is 46.9 Å². The van der Waals surface area contributed by atoms with Gasteiger partial charge in [-0.15, -0.1) is 0 Å². The first-order valence-corrected chi connectivity index (χ1v) is 5.61. The Morgan fingerprint density at radius 3 is 2.74 bits per heavy atom. The van der Waals surface area contributed by atoms with Gasteiger partial charge in [-0.3, -0.25) is 9.78 Å². The van der Waals surface area contributed by atoms with Crippen LogP contribution in [0, 0.1) is 18.3 Å². The third-order valence-corrected chi connectivity index (χ3v) is 2.30. The lowest BCUT2D eigenvalue weighted by atomic mass is 10.4. The molecular formula is C12H14N4O3. The number of hydrogen-bond acceptors (Lipinski definition) is 6. The zero-order valence-corrected chi connectivity index (χ0v) is 10.8. The predicted molar refractivity (Wildman–Crippen MR) is 64.9 cm³/mol. The molecule has 0 spiro atoms. The number of hydrogen-bond donors (Lipinski definition) is 0. The van der Waals surface area contributed by atoms with Crippen molar-refractivity contribution < 1.29 is 14.3 Å². The minimum absolute atomic E-state index is 0.0538. The highest BCUT2D eigenvalue weighted by atomic mass is 16.5. The fourth-order valence-electron chi connectivity index (χ4n) is 1.15. The number of nitrogens with zero attached hydrogens (tertiary/aromatic N) is 4. The number of ether oxygens (including phenoxy) is 1. The largest absolute Gasteiger partial charge is 0.451 e. The van der Waals surface area contributed by atoms with E-state index in [-0.39, 0.29) is 24.6 Å². The molecule has 0 N–H and O–H groups in total. The Morgan fingerprint density at radius 2 is 2.16 bits per heavy atom. The molecular weight excluding hydrogens is 248 g/mol. The van der Waals surface area contributed by atoms with Gasteiger partial charge in [-0.05, 0) is 6.92 Å². The van der Waals surface area contributed by atoms with E-state index in [1.165, 1.54) is 17.3 Å². The van der Waals surface area contributed by atoms with Gasteiger partial charge >= 0.3 is 5.97 Å². The predicted octanol–water partition coefficient (Wildman–Crippen LogP) is 0.314. The normalized spacial score (nSPS) is 9.53. The van der Waals surface area contributed by atoms with Gasteiger partial charge in [-0.2, -0.15) is 5.26 Å². The first-order chi connectivity index (χ1) is 9.04. The van der Waals surface area contributed by atoms with Gasteiger partial charge in [0.25, 0.3) is 5.91 Å². The molecule has 7 heteroatoms. The second-order valence-electron chi connectivity index (χ2n) is 3.84. The minimum Gasteiger partial charge on any atom is -0.451 e. The molecule has 1 heterocycles. The molecule has 1 amide bonds. The van der Waals surface area contributed by atoms with Gasteiger partial charge in [0.15, 0.2) is 12.3 Å². The summed E-state index contributed by atoms with van der Waals surface area (Å²) in [6.07, 6.45) is 2.97. The Kier molecular flexibility index (Phi) is 5.41. The quantitative estimate of drug-likeness (QED) is 0.709. The van der Waals surface area contributed by atoms with E-state index in [4.69, 9.17) is 10.00 Å². The van der Waals surface area contributed by atoms with E-state index in [1.807, 2.05) is 6.07 Å². The van der Waals surface area contributed by atoms with Gasteiger partial charge in [-0.25, -0.2) is 9.78 Å². The summed E-state index contributed by atoms with van der Waals surface area (Å²) in [7, 11) is 1.54. The average molecular weight is 262 g/mol. The molecule has 1 rings (SSSR count). The van der Waals surface area contributed by atoms with Crippen molar-refractivity contribution in [3.05, 3.63) is 23.8 Å². The third-order valence-electron chi connectivity index (χ3n) is 2.30. The van der Waals surface area contributed by atoms with Crippen molar-refractivity contribution in [1.82, 2.24) is 14.9 Å². The minimum atomic E-state index is -0.700. The smallest absolute Gasteiger partial charge is 0.359 e. The number of carbonyl (C=O) groups excluding carboxylic acids is 2. The molecule has 0 aliphatic rings. The summed E-state index contributed by atoms with van der Waals surface area (Å²) in [5, 5.41) is 8.40. The highest BCUT2D eigenvalue weighted by Gasteiger charge is 2.14. The molecule has 19 heavy (non-hydrogen) atoms. The van der Waals surface area contributed by atoms with Crippen molar-refractivity contribution in [1.29, 1.82) is 5.26 Å². The lowest BCUT2D eigenvalue weighted by Gasteiger charge is -2.14. The summed E-state index contributed by atoms with van der Waals surface area (Å²) < 4.78 is 4.82. The molecule has 7 nitrogen and oxygen atoms in total. The van der Waals surface area contributed by atoms with Crippen LogP contribution in [0.4, 0.5) is 0 Å². The maximum atomic E-state index is 11.5.